The Morgan fingerprint density at radius 3 is 2.55 bits per heavy atom. The van der Waals surface area contributed by atoms with Crippen LogP contribution < -0.4 is 0 Å². The number of aromatic nitrogens is 2. The van der Waals surface area contributed by atoms with E-state index in [9.17, 15) is 14.9 Å². The van der Waals surface area contributed by atoms with Crippen molar-refractivity contribution in [1.82, 2.24) is 14.7 Å². The number of rotatable bonds is 4. The zero-order chi connectivity index (χ0) is 24.5. The van der Waals surface area contributed by atoms with Gasteiger partial charge in [0, 0.05) is 18.5 Å². The molecule has 2 heterocycles. The molecule has 0 bridgehead atoms. The zero-order valence-corrected chi connectivity index (χ0v) is 20.4. The Hall–Kier alpha value is -3.34. The molecule has 2 aromatic rings. The third-order valence-corrected chi connectivity index (χ3v) is 5.53. The fourth-order valence-electron chi connectivity index (χ4n) is 3.98. The lowest BCUT2D eigenvalue weighted by molar-refractivity contribution is 0.0185. The highest BCUT2D eigenvalue weighted by Gasteiger charge is 2.40. The number of nitriles is 1. The van der Waals surface area contributed by atoms with Crippen LogP contribution >= 0.6 is 0 Å². The average Bonchev–Trinajstić information content (AvgIpc) is 3.11. The smallest absolute Gasteiger partial charge is 0.411 e. The lowest BCUT2D eigenvalue weighted by Gasteiger charge is -2.33. The van der Waals surface area contributed by atoms with Gasteiger partial charge in [0.2, 0.25) is 0 Å². The van der Waals surface area contributed by atoms with Crippen LogP contribution in [0.15, 0.2) is 18.2 Å². The van der Waals surface area contributed by atoms with Crippen molar-refractivity contribution in [2.45, 2.75) is 72.4 Å². The molecule has 1 aliphatic heterocycles. The van der Waals surface area contributed by atoms with Gasteiger partial charge in [-0.2, -0.15) is 10.4 Å². The highest BCUT2D eigenvalue weighted by molar-refractivity contribution is 5.90. The summed E-state index contributed by atoms with van der Waals surface area (Å²) in [7, 11) is 0. The molecule has 0 fully saturated rings. The summed E-state index contributed by atoms with van der Waals surface area (Å²) in [5, 5.41) is 14.6. The molecule has 0 N–H and O–H groups in total. The second kappa shape index (κ2) is 9.26. The number of aryl methyl sites for hydroxylation is 1. The Morgan fingerprint density at radius 2 is 2.00 bits per heavy atom. The molecule has 3 rings (SSSR count). The first-order valence-corrected chi connectivity index (χ1v) is 11.3. The second-order valence-corrected chi connectivity index (χ2v) is 9.50. The van der Waals surface area contributed by atoms with E-state index in [4.69, 9.17) is 9.47 Å². The van der Waals surface area contributed by atoms with E-state index in [1.54, 1.807) is 32.4 Å². The van der Waals surface area contributed by atoms with E-state index in [2.05, 4.69) is 31.1 Å². The topological polar surface area (TPSA) is 97.5 Å². The fourth-order valence-corrected chi connectivity index (χ4v) is 3.98. The maximum Gasteiger partial charge on any atom is 0.411 e. The van der Waals surface area contributed by atoms with E-state index in [1.165, 1.54) is 10.5 Å². The molecule has 176 valence electrons. The van der Waals surface area contributed by atoms with Gasteiger partial charge < -0.3 is 9.47 Å². The van der Waals surface area contributed by atoms with E-state index in [-0.39, 0.29) is 18.8 Å². The van der Waals surface area contributed by atoms with E-state index in [1.807, 2.05) is 19.1 Å². The maximum absolute atomic E-state index is 12.8. The summed E-state index contributed by atoms with van der Waals surface area (Å²) >= 11 is 0. The van der Waals surface area contributed by atoms with E-state index in [0.717, 1.165) is 16.9 Å². The third kappa shape index (κ3) is 4.87. The Labute approximate surface area is 195 Å². The molecule has 33 heavy (non-hydrogen) atoms. The molecule has 1 amide bonds. The Balaban J connectivity index is 2.15. The van der Waals surface area contributed by atoms with Crippen LogP contribution in [-0.4, -0.2) is 45.5 Å². The number of carbonyl (C=O) groups excluding carboxylic acids is 2. The van der Waals surface area contributed by atoms with Crippen LogP contribution in [0.5, 0.6) is 0 Å². The lowest BCUT2D eigenvalue weighted by Crippen LogP contribution is -2.43. The van der Waals surface area contributed by atoms with Crippen LogP contribution in [0.3, 0.4) is 0 Å². The zero-order valence-electron chi connectivity index (χ0n) is 20.4. The largest absolute Gasteiger partial charge is 0.461 e. The molecule has 0 radical (unpaired) electrons. The minimum absolute atomic E-state index is 0.0546. The quantitative estimate of drug-likeness (QED) is 0.616. The monoisotopic (exact) mass is 452 g/mol. The molecule has 8 nitrogen and oxygen atoms in total. The van der Waals surface area contributed by atoms with Crippen LogP contribution in [0.2, 0.25) is 0 Å². The summed E-state index contributed by atoms with van der Waals surface area (Å²) in [5.41, 5.74) is 3.51. The number of hydrogen-bond acceptors (Lipinski definition) is 6. The van der Waals surface area contributed by atoms with Gasteiger partial charge in [-0.15, -0.1) is 0 Å². The predicted molar refractivity (Wildman–Crippen MR) is 123 cm³/mol. The molecule has 1 atom stereocenters. The van der Waals surface area contributed by atoms with Crippen molar-refractivity contribution in [3.05, 3.63) is 46.3 Å². The van der Waals surface area contributed by atoms with Gasteiger partial charge in [-0.1, -0.05) is 26.0 Å². The summed E-state index contributed by atoms with van der Waals surface area (Å²) < 4.78 is 12.5. The van der Waals surface area contributed by atoms with Crippen molar-refractivity contribution in [3.63, 3.8) is 0 Å². The van der Waals surface area contributed by atoms with Crippen LogP contribution in [0.4, 0.5) is 4.79 Å². The first-order chi connectivity index (χ1) is 15.5. The Morgan fingerprint density at radius 1 is 1.30 bits per heavy atom. The SMILES string of the molecule is CCOC(=O)c1nn(-c2ccc(C(C)C)cc2C)c2c1C(C#N)N(C(=O)OC(C)(C)C)CC2. The van der Waals surface area contributed by atoms with Gasteiger partial charge in [-0.05, 0) is 57.7 Å². The van der Waals surface area contributed by atoms with Crippen molar-refractivity contribution < 1.29 is 19.1 Å². The van der Waals surface area contributed by atoms with Crippen molar-refractivity contribution in [3.8, 4) is 11.8 Å². The Bertz CT molecular complexity index is 1100. The van der Waals surface area contributed by atoms with Crippen molar-refractivity contribution in [2.75, 3.05) is 13.2 Å². The summed E-state index contributed by atoms with van der Waals surface area (Å²) in [5.74, 6) is -0.236. The van der Waals surface area contributed by atoms with E-state index in [0.29, 0.717) is 17.9 Å². The second-order valence-electron chi connectivity index (χ2n) is 9.50. The predicted octanol–water partition coefficient (Wildman–Crippen LogP) is 4.84. The molecule has 0 saturated heterocycles. The molecule has 1 aromatic carbocycles. The van der Waals surface area contributed by atoms with Crippen LogP contribution in [0, 0.1) is 18.3 Å². The number of carbonyl (C=O) groups is 2. The summed E-state index contributed by atoms with van der Waals surface area (Å²) in [4.78, 5) is 27.0. The minimum atomic E-state index is -1.01. The van der Waals surface area contributed by atoms with Gasteiger partial charge in [0.1, 0.15) is 5.60 Å². The van der Waals surface area contributed by atoms with E-state index < -0.39 is 23.7 Å². The molecule has 8 heteroatoms. The van der Waals surface area contributed by atoms with Crippen molar-refractivity contribution >= 4 is 12.1 Å². The molecule has 0 aliphatic carbocycles. The number of nitrogens with zero attached hydrogens (tertiary/aromatic N) is 4. The van der Waals surface area contributed by atoms with Gasteiger partial charge in [-0.25, -0.2) is 14.3 Å². The van der Waals surface area contributed by atoms with Gasteiger partial charge >= 0.3 is 12.1 Å². The maximum atomic E-state index is 12.8. The van der Waals surface area contributed by atoms with Crippen LogP contribution in [0.25, 0.3) is 5.69 Å². The normalized spacial score (nSPS) is 15.7. The van der Waals surface area contributed by atoms with Gasteiger partial charge in [0.15, 0.2) is 11.7 Å². The van der Waals surface area contributed by atoms with Crippen molar-refractivity contribution in [2.24, 2.45) is 0 Å². The number of ether oxygens (including phenoxy) is 2. The number of fused-ring (bicyclic) bond motifs is 1. The molecule has 1 aromatic heterocycles. The average molecular weight is 453 g/mol. The standard InChI is InChI=1S/C25H32N4O4/c1-8-32-23(30)22-21-19(11-12-28(20(21)14-26)24(31)33-25(5,6)7)29(27-22)18-10-9-17(15(2)3)13-16(18)4/h9-10,13,15,20H,8,11-12H2,1-7H3. The molecule has 0 spiro atoms. The van der Waals surface area contributed by atoms with E-state index >= 15 is 0 Å². The third-order valence-electron chi connectivity index (χ3n) is 5.53. The first-order valence-electron chi connectivity index (χ1n) is 11.3. The first kappa shape index (κ1) is 24.3. The van der Waals surface area contributed by atoms with Crippen LogP contribution in [-0.2, 0) is 15.9 Å². The summed E-state index contributed by atoms with van der Waals surface area (Å²) in [6.07, 6.45) is -0.176. The number of hydrogen-bond donors (Lipinski definition) is 0. The lowest BCUT2D eigenvalue weighted by atomic mass is 9.96. The molecule has 0 saturated carbocycles. The molecule has 1 aliphatic rings. The molecular weight excluding hydrogens is 420 g/mol. The molecule has 1 unspecified atom stereocenters. The molecular formula is C25H32N4O4. The van der Waals surface area contributed by atoms with Gasteiger partial charge in [0.05, 0.1) is 24.1 Å². The Kier molecular flexibility index (Phi) is 6.82. The number of amides is 1. The van der Waals surface area contributed by atoms with Crippen LogP contribution in [0.1, 0.15) is 86.4 Å². The minimum Gasteiger partial charge on any atom is -0.461 e. The number of esters is 1. The number of benzene rings is 1. The summed E-state index contributed by atoms with van der Waals surface area (Å²) in [6, 6.07) is 7.31. The van der Waals surface area contributed by atoms with Gasteiger partial charge in [-0.3, -0.25) is 4.90 Å². The van der Waals surface area contributed by atoms with Gasteiger partial charge in [0.25, 0.3) is 0 Å². The highest BCUT2D eigenvalue weighted by Crippen LogP contribution is 2.35. The fraction of sp³-hybridized carbons (Fsp3) is 0.520. The summed E-state index contributed by atoms with van der Waals surface area (Å²) in [6.45, 7) is 13.7. The van der Waals surface area contributed by atoms with Crippen molar-refractivity contribution in [1.29, 1.82) is 5.26 Å². The highest BCUT2D eigenvalue weighted by atomic mass is 16.6.